The molecule has 0 aromatic heterocycles. The minimum atomic E-state index is -0.597. The molecule has 1 heterocycles. The zero-order chi connectivity index (χ0) is 18.4. The number of amides is 2. The number of rotatable bonds is 6. The molecule has 1 N–H and O–H groups in total. The highest BCUT2D eigenvalue weighted by Gasteiger charge is 2.21. The van der Waals surface area contributed by atoms with Crippen molar-refractivity contribution in [3.05, 3.63) is 18.2 Å². The summed E-state index contributed by atoms with van der Waals surface area (Å²) < 4.78 is 21.2. The van der Waals surface area contributed by atoms with Gasteiger partial charge in [-0.1, -0.05) is 0 Å². The third-order valence-electron chi connectivity index (χ3n) is 3.12. The highest BCUT2D eigenvalue weighted by Crippen LogP contribution is 2.34. The third kappa shape index (κ3) is 6.06. The van der Waals surface area contributed by atoms with Crippen LogP contribution in [-0.2, 0) is 9.53 Å². The number of hydrogen-bond acceptors (Lipinski definition) is 6. The number of nitrogens with one attached hydrogen (secondary N) is 1. The van der Waals surface area contributed by atoms with E-state index in [1.807, 2.05) is 0 Å². The Morgan fingerprint density at radius 3 is 2.68 bits per heavy atom. The molecule has 0 aliphatic carbocycles. The van der Waals surface area contributed by atoms with Crippen LogP contribution in [0.5, 0.6) is 17.2 Å². The maximum absolute atomic E-state index is 11.8. The molecule has 25 heavy (non-hydrogen) atoms. The van der Waals surface area contributed by atoms with Crippen LogP contribution >= 0.6 is 0 Å². The Morgan fingerprint density at radius 2 is 1.96 bits per heavy atom. The lowest BCUT2D eigenvalue weighted by Gasteiger charge is -2.24. The highest BCUT2D eigenvalue weighted by atomic mass is 16.7. The first-order valence-corrected chi connectivity index (χ1v) is 7.98. The van der Waals surface area contributed by atoms with E-state index in [-0.39, 0.29) is 19.2 Å². The monoisotopic (exact) mass is 352 g/mol. The van der Waals surface area contributed by atoms with Crippen molar-refractivity contribution in [1.82, 2.24) is 10.2 Å². The van der Waals surface area contributed by atoms with E-state index in [2.05, 4.69) is 5.32 Å². The Kier molecular flexibility index (Phi) is 5.95. The number of carbonyl (C=O) groups is 2. The summed E-state index contributed by atoms with van der Waals surface area (Å²) in [6.45, 7) is 6.04. The minimum absolute atomic E-state index is 0.0844. The number of fused-ring (bicyclic) bond motifs is 1. The lowest BCUT2D eigenvalue weighted by molar-refractivity contribution is -0.122. The maximum atomic E-state index is 11.8. The number of nitrogens with zero attached hydrogens (tertiary/aromatic N) is 1. The van der Waals surface area contributed by atoms with E-state index in [0.717, 1.165) is 0 Å². The first-order valence-electron chi connectivity index (χ1n) is 7.98. The van der Waals surface area contributed by atoms with Gasteiger partial charge < -0.3 is 29.2 Å². The van der Waals surface area contributed by atoms with Crippen LogP contribution in [0.4, 0.5) is 4.79 Å². The summed E-state index contributed by atoms with van der Waals surface area (Å²) in [5.41, 5.74) is -0.597. The SMILES string of the molecule is CN(CC(=O)NCCOc1ccc2c(c1)OCO2)C(=O)OC(C)(C)C. The van der Waals surface area contributed by atoms with Gasteiger partial charge in [0.05, 0.1) is 6.54 Å². The molecule has 1 aliphatic heterocycles. The highest BCUT2D eigenvalue weighted by molar-refractivity contribution is 5.82. The van der Waals surface area contributed by atoms with E-state index >= 15 is 0 Å². The number of likely N-dealkylation sites (N-methyl/N-ethyl adjacent to an activating group) is 1. The topological polar surface area (TPSA) is 86.3 Å². The minimum Gasteiger partial charge on any atom is -0.492 e. The smallest absolute Gasteiger partial charge is 0.410 e. The van der Waals surface area contributed by atoms with Crippen molar-refractivity contribution in [2.45, 2.75) is 26.4 Å². The summed E-state index contributed by atoms with van der Waals surface area (Å²) >= 11 is 0. The predicted octanol–water partition coefficient (Wildman–Crippen LogP) is 1.78. The number of benzene rings is 1. The largest absolute Gasteiger partial charge is 0.492 e. The van der Waals surface area contributed by atoms with Crippen molar-refractivity contribution in [3.8, 4) is 17.2 Å². The molecule has 0 saturated carbocycles. The number of ether oxygens (including phenoxy) is 4. The van der Waals surface area contributed by atoms with Crippen molar-refractivity contribution < 1.29 is 28.5 Å². The van der Waals surface area contributed by atoms with Crippen LogP contribution in [0.25, 0.3) is 0 Å². The fraction of sp³-hybridized carbons (Fsp3) is 0.529. The zero-order valence-corrected chi connectivity index (χ0v) is 15.0. The van der Waals surface area contributed by atoms with E-state index < -0.39 is 11.7 Å². The molecule has 0 fully saturated rings. The van der Waals surface area contributed by atoms with E-state index in [1.54, 1.807) is 39.0 Å². The Labute approximate surface area is 147 Å². The molecule has 0 saturated heterocycles. The summed E-state index contributed by atoms with van der Waals surface area (Å²) in [6, 6.07) is 5.28. The Hall–Kier alpha value is -2.64. The number of hydrogen-bond donors (Lipinski definition) is 1. The Morgan fingerprint density at radius 1 is 1.24 bits per heavy atom. The summed E-state index contributed by atoms with van der Waals surface area (Å²) in [5, 5.41) is 2.68. The van der Waals surface area contributed by atoms with Crippen molar-refractivity contribution in [2.24, 2.45) is 0 Å². The second-order valence-electron chi connectivity index (χ2n) is 6.55. The van der Waals surface area contributed by atoms with E-state index in [1.165, 1.54) is 11.9 Å². The van der Waals surface area contributed by atoms with E-state index in [9.17, 15) is 9.59 Å². The molecule has 0 radical (unpaired) electrons. The molecule has 0 atom stereocenters. The van der Waals surface area contributed by atoms with E-state index in [4.69, 9.17) is 18.9 Å². The van der Waals surface area contributed by atoms with Gasteiger partial charge >= 0.3 is 6.09 Å². The average Bonchev–Trinajstić information content (AvgIpc) is 2.97. The maximum Gasteiger partial charge on any atom is 0.410 e. The van der Waals surface area contributed by atoms with Gasteiger partial charge in [-0.15, -0.1) is 0 Å². The average molecular weight is 352 g/mol. The standard InChI is InChI=1S/C17H24N2O6/c1-17(2,3)25-16(21)19(4)10-15(20)18-7-8-22-12-5-6-13-14(9-12)24-11-23-13/h5-6,9H,7-8,10-11H2,1-4H3,(H,18,20). The lowest BCUT2D eigenvalue weighted by Crippen LogP contribution is -2.41. The molecule has 1 aromatic rings. The second kappa shape index (κ2) is 7.96. The van der Waals surface area contributed by atoms with Gasteiger partial charge in [-0.2, -0.15) is 0 Å². The lowest BCUT2D eigenvalue weighted by atomic mass is 10.2. The van der Waals surface area contributed by atoms with Gasteiger partial charge in [-0.05, 0) is 32.9 Å². The summed E-state index contributed by atoms with van der Waals surface area (Å²) in [4.78, 5) is 24.8. The van der Waals surface area contributed by atoms with Crippen LogP contribution in [0, 0.1) is 0 Å². The quantitative estimate of drug-likeness (QED) is 0.786. The molecule has 138 valence electrons. The van der Waals surface area contributed by atoms with Crippen LogP contribution in [-0.4, -0.2) is 56.0 Å². The van der Waals surface area contributed by atoms with Gasteiger partial charge in [-0.3, -0.25) is 4.79 Å². The normalized spacial score (nSPS) is 12.5. The third-order valence-corrected chi connectivity index (χ3v) is 3.12. The molecule has 1 aromatic carbocycles. The molecule has 1 aliphatic rings. The van der Waals surface area contributed by atoms with Gasteiger partial charge in [0.2, 0.25) is 12.7 Å². The van der Waals surface area contributed by atoms with Crippen molar-refractivity contribution in [1.29, 1.82) is 0 Å². The van der Waals surface area contributed by atoms with Gasteiger partial charge in [0.1, 0.15) is 24.5 Å². The predicted molar refractivity (Wildman–Crippen MR) is 89.9 cm³/mol. The zero-order valence-electron chi connectivity index (χ0n) is 15.0. The molecule has 8 nitrogen and oxygen atoms in total. The van der Waals surface area contributed by atoms with Gasteiger partial charge in [-0.25, -0.2) is 4.79 Å². The molecule has 2 amide bonds. The molecular formula is C17H24N2O6. The first kappa shape index (κ1) is 18.7. The Balaban J connectivity index is 1.66. The van der Waals surface area contributed by atoms with Crippen LogP contribution in [0.3, 0.4) is 0 Å². The number of carbonyl (C=O) groups excluding carboxylic acids is 2. The molecular weight excluding hydrogens is 328 g/mol. The van der Waals surface area contributed by atoms with E-state index in [0.29, 0.717) is 30.4 Å². The van der Waals surface area contributed by atoms with Crippen LogP contribution in [0.2, 0.25) is 0 Å². The van der Waals surface area contributed by atoms with Crippen molar-refractivity contribution in [2.75, 3.05) is 33.5 Å². The summed E-state index contributed by atoms with van der Waals surface area (Å²) in [6.07, 6.45) is -0.542. The van der Waals surface area contributed by atoms with Gasteiger partial charge in [0.15, 0.2) is 11.5 Å². The Bertz CT molecular complexity index is 626. The van der Waals surface area contributed by atoms with Crippen LogP contribution < -0.4 is 19.5 Å². The van der Waals surface area contributed by atoms with Crippen molar-refractivity contribution >= 4 is 12.0 Å². The fourth-order valence-corrected chi connectivity index (χ4v) is 2.00. The molecule has 2 rings (SSSR count). The van der Waals surface area contributed by atoms with Gasteiger partial charge in [0.25, 0.3) is 0 Å². The van der Waals surface area contributed by atoms with Crippen molar-refractivity contribution in [3.63, 3.8) is 0 Å². The molecule has 0 bridgehead atoms. The molecule has 8 heteroatoms. The summed E-state index contributed by atoms with van der Waals surface area (Å²) in [5.74, 6) is 1.67. The summed E-state index contributed by atoms with van der Waals surface area (Å²) in [7, 11) is 1.51. The van der Waals surface area contributed by atoms with Crippen LogP contribution in [0.1, 0.15) is 20.8 Å². The molecule has 0 unspecified atom stereocenters. The van der Waals surface area contributed by atoms with Crippen LogP contribution in [0.15, 0.2) is 18.2 Å². The first-order chi connectivity index (χ1) is 11.7. The second-order valence-corrected chi connectivity index (χ2v) is 6.55. The molecule has 0 spiro atoms. The van der Waals surface area contributed by atoms with Gasteiger partial charge in [0, 0.05) is 13.1 Å². The fourth-order valence-electron chi connectivity index (χ4n) is 2.00.